The Morgan fingerprint density at radius 1 is 0.885 bits per heavy atom. The van der Waals surface area contributed by atoms with Gasteiger partial charge in [0.15, 0.2) is 5.58 Å². The van der Waals surface area contributed by atoms with Crippen LogP contribution >= 0.6 is 0 Å². The van der Waals surface area contributed by atoms with Crippen LogP contribution in [0.3, 0.4) is 0 Å². The van der Waals surface area contributed by atoms with E-state index in [0.717, 1.165) is 11.1 Å². The second-order valence-electron chi connectivity index (χ2n) is 5.79. The van der Waals surface area contributed by atoms with Gasteiger partial charge >= 0.3 is 0 Å². The van der Waals surface area contributed by atoms with E-state index in [1.807, 2.05) is 66.7 Å². The minimum atomic E-state index is -0.152. The molecule has 5 heteroatoms. The molecule has 0 saturated heterocycles. The van der Waals surface area contributed by atoms with E-state index in [9.17, 15) is 4.79 Å². The van der Waals surface area contributed by atoms with Crippen molar-refractivity contribution in [3.63, 3.8) is 0 Å². The molecule has 128 valence electrons. The van der Waals surface area contributed by atoms with Crippen LogP contribution in [0, 0.1) is 0 Å². The average molecular weight is 344 g/mol. The minimum absolute atomic E-state index is 0.152. The third kappa shape index (κ3) is 3.57. The average Bonchev–Trinajstić information content (AvgIpc) is 3.07. The molecule has 1 heterocycles. The molecule has 0 spiro atoms. The summed E-state index contributed by atoms with van der Waals surface area (Å²) in [6.45, 7) is 0. The van der Waals surface area contributed by atoms with Gasteiger partial charge in [0.05, 0.1) is 6.42 Å². The summed E-state index contributed by atoms with van der Waals surface area (Å²) in [6.07, 6.45) is 0.152. The van der Waals surface area contributed by atoms with Gasteiger partial charge in [-0.15, -0.1) is 0 Å². The number of para-hydroxylation sites is 2. The molecule has 3 aromatic carbocycles. The molecular formula is C21H16N2O3. The number of carbonyl (C=O) groups is 1. The predicted molar refractivity (Wildman–Crippen MR) is 99.3 cm³/mol. The summed E-state index contributed by atoms with van der Waals surface area (Å²) in [5.74, 6) is 1.32. The third-order valence-electron chi connectivity index (χ3n) is 3.90. The number of aromatic nitrogens is 1. The zero-order chi connectivity index (χ0) is 17.8. The lowest BCUT2D eigenvalue weighted by Gasteiger charge is -2.07. The Kier molecular flexibility index (Phi) is 4.35. The van der Waals surface area contributed by atoms with Gasteiger partial charge in [-0.25, -0.2) is 0 Å². The number of amides is 1. The SMILES string of the molecule is O=C(Cc1noc2ccccc12)Nc1ccc(Oc2ccccc2)cc1. The van der Waals surface area contributed by atoms with Crippen molar-refractivity contribution >= 4 is 22.6 Å². The van der Waals surface area contributed by atoms with E-state index in [2.05, 4.69) is 10.5 Å². The first-order valence-corrected chi connectivity index (χ1v) is 8.24. The Balaban J connectivity index is 1.40. The number of anilines is 1. The quantitative estimate of drug-likeness (QED) is 0.565. The summed E-state index contributed by atoms with van der Waals surface area (Å²) in [6, 6.07) is 24.3. The number of ether oxygens (including phenoxy) is 1. The smallest absolute Gasteiger partial charge is 0.230 e. The molecule has 0 bridgehead atoms. The molecule has 0 saturated carbocycles. The Morgan fingerprint density at radius 3 is 2.38 bits per heavy atom. The molecule has 1 N–H and O–H groups in total. The molecule has 1 aromatic heterocycles. The number of carbonyl (C=O) groups excluding carboxylic acids is 1. The van der Waals surface area contributed by atoms with Crippen LogP contribution in [0.25, 0.3) is 11.0 Å². The van der Waals surface area contributed by atoms with Crippen LogP contribution in [0.1, 0.15) is 5.69 Å². The topological polar surface area (TPSA) is 64.4 Å². The third-order valence-corrected chi connectivity index (χ3v) is 3.90. The van der Waals surface area contributed by atoms with Gasteiger partial charge in [-0.1, -0.05) is 35.5 Å². The van der Waals surface area contributed by atoms with Crippen molar-refractivity contribution in [1.29, 1.82) is 0 Å². The predicted octanol–water partition coefficient (Wildman–Crippen LogP) is 4.80. The number of nitrogens with one attached hydrogen (secondary N) is 1. The first kappa shape index (κ1) is 15.9. The molecule has 0 unspecified atom stereocenters. The summed E-state index contributed by atoms with van der Waals surface area (Å²) in [5, 5.41) is 7.70. The van der Waals surface area contributed by atoms with Crippen LogP contribution in [0.5, 0.6) is 11.5 Å². The van der Waals surface area contributed by atoms with Gasteiger partial charge in [0.2, 0.25) is 5.91 Å². The number of fused-ring (bicyclic) bond motifs is 1. The maximum absolute atomic E-state index is 12.3. The van der Waals surface area contributed by atoms with Gasteiger partial charge in [-0.05, 0) is 48.5 Å². The fraction of sp³-hybridized carbons (Fsp3) is 0.0476. The zero-order valence-electron chi connectivity index (χ0n) is 13.9. The highest BCUT2D eigenvalue weighted by molar-refractivity contribution is 5.94. The van der Waals surface area contributed by atoms with Crippen molar-refractivity contribution < 1.29 is 14.1 Å². The van der Waals surface area contributed by atoms with Crippen LogP contribution in [0.2, 0.25) is 0 Å². The minimum Gasteiger partial charge on any atom is -0.457 e. The second-order valence-corrected chi connectivity index (χ2v) is 5.79. The number of rotatable bonds is 5. The lowest BCUT2D eigenvalue weighted by molar-refractivity contribution is -0.115. The summed E-state index contributed by atoms with van der Waals surface area (Å²) in [7, 11) is 0. The maximum Gasteiger partial charge on any atom is 0.230 e. The van der Waals surface area contributed by atoms with Gasteiger partial charge in [0, 0.05) is 11.1 Å². The molecule has 1 amide bonds. The number of benzene rings is 3. The molecule has 4 rings (SSSR count). The number of nitrogens with zero attached hydrogens (tertiary/aromatic N) is 1. The molecule has 4 aromatic rings. The lowest BCUT2D eigenvalue weighted by Crippen LogP contribution is -2.14. The van der Waals surface area contributed by atoms with Gasteiger partial charge in [0.1, 0.15) is 17.2 Å². The summed E-state index contributed by atoms with van der Waals surface area (Å²) in [4.78, 5) is 12.3. The molecule has 0 aliphatic heterocycles. The van der Waals surface area contributed by atoms with E-state index < -0.39 is 0 Å². The van der Waals surface area contributed by atoms with Crippen molar-refractivity contribution in [2.75, 3.05) is 5.32 Å². The van der Waals surface area contributed by atoms with E-state index in [4.69, 9.17) is 9.26 Å². The highest BCUT2D eigenvalue weighted by Crippen LogP contribution is 2.23. The number of hydrogen-bond donors (Lipinski definition) is 1. The molecular weight excluding hydrogens is 328 g/mol. The summed E-state index contributed by atoms with van der Waals surface area (Å²) in [5.41, 5.74) is 2.00. The standard InChI is InChI=1S/C21H16N2O3/c24-21(14-19-18-8-4-5-9-20(18)26-23-19)22-15-10-12-17(13-11-15)25-16-6-2-1-3-7-16/h1-13H,14H2,(H,22,24). The fourth-order valence-electron chi connectivity index (χ4n) is 2.65. The summed E-state index contributed by atoms with van der Waals surface area (Å²) < 4.78 is 11.0. The molecule has 0 radical (unpaired) electrons. The van der Waals surface area contributed by atoms with Crippen LogP contribution in [-0.2, 0) is 11.2 Å². The van der Waals surface area contributed by atoms with Crippen LogP contribution < -0.4 is 10.1 Å². The molecule has 0 aliphatic carbocycles. The van der Waals surface area contributed by atoms with Crippen molar-refractivity contribution in [3.05, 3.63) is 84.6 Å². The highest BCUT2D eigenvalue weighted by atomic mass is 16.5. The van der Waals surface area contributed by atoms with E-state index in [1.54, 1.807) is 12.1 Å². The van der Waals surface area contributed by atoms with Gasteiger partial charge in [-0.2, -0.15) is 0 Å². The highest BCUT2D eigenvalue weighted by Gasteiger charge is 2.12. The number of hydrogen-bond acceptors (Lipinski definition) is 4. The first-order valence-electron chi connectivity index (χ1n) is 8.24. The Morgan fingerprint density at radius 2 is 1.58 bits per heavy atom. The van der Waals surface area contributed by atoms with Crippen LogP contribution in [0.4, 0.5) is 5.69 Å². The molecule has 5 nitrogen and oxygen atoms in total. The molecule has 26 heavy (non-hydrogen) atoms. The van der Waals surface area contributed by atoms with Gasteiger partial charge < -0.3 is 14.6 Å². The maximum atomic E-state index is 12.3. The van der Waals surface area contributed by atoms with Gasteiger partial charge in [0.25, 0.3) is 0 Å². The van der Waals surface area contributed by atoms with Crippen molar-refractivity contribution in [1.82, 2.24) is 5.16 Å². The molecule has 0 aliphatic rings. The Labute approximate surface area is 150 Å². The van der Waals surface area contributed by atoms with Crippen molar-refractivity contribution in [2.45, 2.75) is 6.42 Å². The fourth-order valence-corrected chi connectivity index (χ4v) is 2.65. The van der Waals surface area contributed by atoms with Crippen molar-refractivity contribution in [2.24, 2.45) is 0 Å². The first-order chi connectivity index (χ1) is 12.8. The lowest BCUT2D eigenvalue weighted by atomic mass is 10.1. The van der Waals surface area contributed by atoms with Crippen molar-refractivity contribution in [3.8, 4) is 11.5 Å². The summed E-state index contributed by atoms with van der Waals surface area (Å²) >= 11 is 0. The van der Waals surface area contributed by atoms with Crippen LogP contribution in [0.15, 0.2) is 83.4 Å². The largest absolute Gasteiger partial charge is 0.457 e. The molecule has 0 atom stereocenters. The van der Waals surface area contributed by atoms with Gasteiger partial charge in [-0.3, -0.25) is 4.79 Å². The Bertz CT molecular complexity index is 1020. The second kappa shape index (κ2) is 7.11. The normalized spacial score (nSPS) is 10.6. The monoisotopic (exact) mass is 344 g/mol. The van der Waals surface area contributed by atoms with E-state index in [0.29, 0.717) is 22.7 Å². The van der Waals surface area contributed by atoms with E-state index >= 15 is 0 Å². The van der Waals surface area contributed by atoms with E-state index in [1.165, 1.54) is 0 Å². The zero-order valence-corrected chi connectivity index (χ0v) is 13.9. The Hall–Kier alpha value is -3.60. The van der Waals surface area contributed by atoms with Crippen LogP contribution in [-0.4, -0.2) is 11.1 Å². The van der Waals surface area contributed by atoms with E-state index in [-0.39, 0.29) is 12.3 Å². The molecule has 0 fully saturated rings.